The van der Waals surface area contributed by atoms with Gasteiger partial charge in [-0.2, -0.15) is 0 Å². The molecule has 1 heterocycles. The molecule has 23 heavy (non-hydrogen) atoms. The van der Waals surface area contributed by atoms with E-state index in [0.29, 0.717) is 14.3 Å². The molecule has 0 aliphatic heterocycles. The van der Waals surface area contributed by atoms with Gasteiger partial charge < -0.3 is 0 Å². The Bertz CT molecular complexity index is 702. The van der Waals surface area contributed by atoms with E-state index in [9.17, 15) is 14.3 Å². The minimum atomic E-state index is -1.06. The van der Waals surface area contributed by atoms with Gasteiger partial charge in [-0.25, -0.2) is 0 Å². The molecule has 8 heteroatoms. The van der Waals surface area contributed by atoms with Crippen molar-refractivity contribution in [1.29, 1.82) is 0 Å². The Morgan fingerprint density at radius 3 is 2.87 bits per heavy atom. The summed E-state index contributed by atoms with van der Waals surface area (Å²) in [6, 6.07) is 6.61. The van der Waals surface area contributed by atoms with E-state index < -0.39 is 28.5 Å². The molecule has 5 nitrogen and oxygen atoms in total. The molecule has 2 rings (SSSR count). The van der Waals surface area contributed by atoms with Crippen LogP contribution < -0.4 is 14.0 Å². The van der Waals surface area contributed by atoms with Crippen molar-refractivity contribution in [2.45, 2.75) is 6.10 Å². The Hall–Kier alpha value is -1.02. The Morgan fingerprint density at radius 1 is 1.39 bits per heavy atom. The van der Waals surface area contributed by atoms with Crippen LogP contribution in [0.4, 0.5) is 4.39 Å². The van der Waals surface area contributed by atoms with E-state index >= 15 is 0 Å². The van der Waals surface area contributed by atoms with Crippen LogP contribution in [-0.2, 0) is 0 Å². The van der Waals surface area contributed by atoms with Crippen LogP contribution in [0, 0.1) is 9.39 Å². The van der Waals surface area contributed by atoms with Gasteiger partial charge in [0.05, 0.1) is 0 Å². The first-order valence-corrected chi connectivity index (χ1v) is 9.92. The maximum atomic E-state index is 14.0. The summed E-state index contributed by atoms with van der Waals surface area (Å²) in [7, 11) is 0. The second kappa shape index (κ2) is 8.73. The van der Waals surface area contributed by atoms with Crippen LogP contribution in [0.15, 0.2) is 36.7 Å². The molecule has 2 aromatic rings. The average molecular weight is 492 g/mol. The van der Waals surface area contributed by atoms with Crippen molar-refractivity contribution in [3.63, 3.8) is 0 Å². The van der Waals surface area contributed by atoms with Crippen molar-refractivity contribution in [2.24, 2.45) is 0 Å². The fraction of sp³-hybridized carbons (Fsp3) is 0.200. The molecule has 0 bridgehead atoms. The second-order valence-corrected chi connectivity index (χ2v) is 8.75. The predicted molar refractivity (Wildman–Crippen MR) is 95.2 cm³/mol. The van der Waals surface area contributed by atoms with E-state index in [0.717, 1.165) is 3.57 Å². The molecule has 0 fully saturated rings. The van der Waals surface area contributed by atoms with E-state index in [1.165, 1.54) is 12.3 Å². The molecular formula is C15H15AsFIN2O3. The van der Waals surface area contributed by atoms with Gasteiger partial charge in [0, 0.05) is 0 Å². The quantitative estimate of drug-likeness (QED) is 0.368. The van der Waals surface area contributed by atoms with E-state index in [1.807, 2.05) is 28.7 Å². The van der Waals surface area contributed by atoms with Crippen molar-refractivity contribution < 1.29 is 19.4 Å². The predicted octanol–water partition coefficient (Wildman–Crippen LogP) is -0.704. The number of hydrogen-bond donors (Lipinski definition) is 3. The summed E-state index contributed by atoms with van der Waals surface area (Å²) in [4.78, 5) is 16.2. The molecule has 3 N–H and O–H groups in total. The van der Waals surface area contributed by atoms with Gasteiger partial charge in [-0.1, -0.05) is 0 Å². The summed E-state index contributed by atoms with van der Waals surface area (Å²) in [6.45, 7) is -0.472. The zero-order chi connectivity index (χ0) is 16.8. The number of carbonyl (C=O) groups is 1. The fourth-order valence-corrected chi connectivity index (χ4v) is 4.60. The van der Waals surface area contributed by atoms with Crippen LogP contribution in [0.25, 0.3) is 0 Å². The fourth-order valence-electron chi connectivity index (χ4n) is 1.80. The van der Waals surface area contributed by atoms with Crippen molar-refractivity contribution in [3.05, 3.63) is 51.6 Å². The molecule has 2 atom stereocenters. The standard InChI is InChI=1S/C15H15AsFIN2O3/c17-14-5-9(18)1-2-12(14)16-13-7-19-4-3-11(13)15(23)20-6-10(22)8-21/h1-5,7,10,16,21-22H,6,8H2,(H,20,23)/t10-/m0/s1. The average Bonchev–Trinajstić information content (AvgIpc) is 2.55. The summed E-state index contributed by atoms with van der Waals surface area (Å²) in [5.41, 5.74) is 0.420. The summed E-state index contributed by atoms with van der Waals surface area (Å²) in [5.74, 6) is -0.646. The number of aromatic nitrogens is 1. The Balaban J connectivity index is 2.18. The van der Waals surface area contributed by atoms with Crippen LogP contribution in [0.1, 0.15) is 10.4 Å². The van der Waals surface area contributed by atoms with Gasteiger partial charge in [0.15, 0.2) is 0 Å². The van der Waals surface area contributed by atoms with Crippen molar-refractivity contribution >= 4 is 53.0 Å². The molecule has 0 radical (unpaired) electrons. The number of benzene rings is 1. The number of nitrogens with one attached hydrogen (secondary N) is 1. The number of nitrogens with zero attached hydrogens (tertiary/aromatic N) is 1. The first kappa shape index (κ1) is 18.3. The molecule has 0 aliphatic carbocycles. The van der Waals surface area contributed by atoms with Gasteiger partial charge in [-0.3, -0.25) is 0 Å². The molecule has 0 spiro atoms. The maximum absolute atomic E-state index is 14.0. The molecule has 1 amide bonds. The SMILES string of the molecule is O=C(NC[C@H](O)CO)c1ccncc1[AsH]c1ccc(I)cc1F. The van der Waals surface area contributed by atoms with Crippen LogP contribution >= 0.6 is 22.6 Å². The third kappa shape index (κ3) is 5.24. The molecular weight excluding hydrogens is 477 g/mol. The molecule has 0 aliphatic rings. The number of carbonyl (C=O) groups excluding carboxylic acids is 1. The zero-order valence-electron chi connectivity index (χ0n) is 12.0. The third-order valence-corrected chi connectivity index (χ3v) is 6.46. The molecule has 1 unspecified atom stereocenters. The summed E-state index contributed by atoms with van der Waals surface area (Å²) in [5, 5.41) is 20.6. The number of aliphatic hydroxyl groups excluding tert-OH is 2. The van der Waals surface area contributed by atoms with Crippen molar-refractivity contribution in [3.8, 4) is 0 Å². The molecule has 1 aromatic carbocycles. The van der Waals surface area contributed by atoms with Crippen LogP contribution in [-0.4, -0.2) is 56.1 Å². The van der Waals surface area contributed by atoms with Crippen LogP contribution in [0.2, 0.25) is 0 Å². The number of halogens is 2. The number of rotatable bonds is 6. The van der Waals surface area contributed by atoms with Gasteiger partial charge in [-0.15, -0.1) is 0 Å². The third-order valence-electron chi connectivity index (χ3n) is 2.98. The minimum absolute atomic E-state index is 0.0466. The van der Waals surface area contributed by atoms with E-state index in [4.69, 9.17) is 5.11 Å². The summed E-state index contributed by atoms with van der Waals surface area (Å²) in [6.07, 6.45) is 2.07. The van der Waals surface area contributed by atoms with E-state index in [2.05, 4.69) is 10.3 Å². The molecule has 1 aromatic heterocycles. The number of pyridine rings is 1. The number of aliphatic hydroxyl groups is 2. The van der Waals surface area contributed by atoms with E-state index in [-0.39, 0.29) is 18.3 Å². The zero-order valence-corrected chi connectivity index (χ0v) is 16.2. The van der Waals surface area contributed by atoms with Gasteiger partial charge in [-0.05, 0) is 0 Å². The van der Waals surface area contributed by atoms with Gasteiger partial charge in [0.25, 0.3) is 0 Å². The normalized spacial score (nSPS) is 12.5. The van der Waals surface area contributed by atoms with Gasteiger partial charge in [0.1, 0.15) is 0 Å². The molecule has 0 saturated carbocycles. The first-order valence-electron chi connectivity index (χ1n) is 6.74. The summed E-state index contributed by atoms with van der Waals surface area (Å²) < 4.78 is 16.1. The Kier molecular flexibility index (Phi) is 6.95. The molecule has 0 saturated heterocycles. The first-order chi connectivity index (χ1) is 11.0. The van der Waals surface area contributed by atoms with Gasteiger partial charge in [0.2, 0.25) is 0 Å². The Morgan fingerprint density at radius 2 is 2.17 bits per heavy atom. The Labute approximate surface area is 153 Å². The van der Waals surface area contributed by atoms with Crippen molar-refractivity contribution in [2.75, 3.05) is 13.2 Å². The van der Waals surface area contributed by atoms with Crippen LogP contribution in [0.5, 0.6) is 0 Å². The number of amides is 1. The number of hydrogen-bond acceptors (Lipinski definition) is 4. The second-order valence-electron chi connectivity index (χ2n) is 4.72. The summed E-state index contributed by atoms with van der Waals surface area (Å²) >= 11 is 0.983. The van der Waals surface area contributed by atoms with E-state index in [1.54, 1.807) is 18.3 Å². The van der Waals surface area contributed by atoms with Gasteiger partial charge >= 0.3 is 154 Å². The topological polar surface area (TPSA) is 82.5 Å². The van der Waals surface area contributed by atoms with Crippen molar-refractivity contribution in [1.82, 2.24) is 10.3 Å². The molecule has 122 valence electrons. The van der Waals surface area contributed by atoms with Crippen LogP contribution in [0.3, 0.4) is 0 Å². The monoisotopic (exact) mass is 492 g/mol.